The van der Waals surface area contributed by atoms with Crippen molar-refractivity contribution in [1.29, 1.82) is 0 Å². The van der Waals surface area contributed by atoms with E-state index in [9.17, 15) is 0 Å². The summed E-state index contributed by atoms with van der Waals surface area (Å²) in [6.45, 7) is 2.87. The SMILES string of the molecule is COc1cc(COC(C)CN)cc(OC)c1OC. The van der Waals surface area contributed by atoms with E-state index in [2.05, 4.69) is 0 Å². The molecule has 5 nitrogen and oxygen atoms in total. The van der Waals surface area contributed by atoms with E-state index >= 15 is 0 Å². The first kappa shape index (κ1) is 14.6. The highest BCUT2D eigenvalue weighted by Crippen LogP contribution is 2.38. The fourth-order valence-electron chi connectivity index (χ4n) is 1.53. The quantitative estimate of drug-likeness (QED) is 0.801. The highest BCUT2D eigenvalue weighted by atomic mass is 16.5. The molecular formula is C13H21NO4. The van der Waals surface area contributed by atoms with E-state index < -0.39 is 0 Å². The molecule has 1 aromatic carbocycles. The number of rotatable bonds is 7. The Morgan fingerprint density at radius 2 is 1.61 bits per heavy atom. The number of ether oxygens (including phenoxy) is 4. The number of benzene rings is 1. The molecule has 1 aromatic rings. The second kappa shape index (κ2) is 7.08. The van der Waals surface area contributed by atoms with E-state index in [-0.39, 0.29) is 6.10 Å². The molecule has 0 aliphatic carbocycles. The topological polar surface area (TPSA) is 62.9 Å². The molecule has 18 heavy (non-hydrogen) atoms. The van der Waals surface area contributed by atoms with Crippen LogP contribution in [0.5, 0.6) is 17.2 Å². The minimum atomic E-state index is 0.0177. The maximum atomic E-state index is 5.57. The van der Waals surface area contributed by atoms with Crippen LogP contribution in [-0.2, 0) is 11.3 Å². The van der Waals surface area contributed by atoms with Crippen molar-refractivity contribution in [2.75, 3.05) is 27.9 Å². The first-order valence-electron chi connectivity index (χ1n) is 5.76. The summed E-state index contributed by atoms with van der Waals surface area (Å²) in [5.41, 5.74) is 6.45. The fourth-order valence-corrected chi connectivity index (χ4v) is 1.53. The Labute approximate surface area is 108 Å². The third kappa shape index (κ3) is 3.51. The molecule has 1 unspecified atom stereocenters. The van der Waals surface area contributed by atoms with Crippen LogP contribution in [0.15, 0.2) is 12.1 Å². The molecule has 0 bridgehead atoms. The zero-order valence-electron chi connectivity index (χ0n) is 11.4. The van der Waals surface area contributed by atoms with Gasteiger partial charge in [0.15, 0.2) is 11.5 Å². The monoisotopic (exact) mass is 255 g/mol. The minimum Gasteiger partial charge on any atom is -0.493 e. The molecule has 0 spiro atoms. The smallest absolute Gasteiger partial charge is 0.203 e. The summed E-state index contributed by atoms with van der Waals surface area (Å²) in [5.74, 6) is 1.82. The molecule has 0 aliphatic heterocycles. The van der Waals surface area contributed by atoms with Crippen LogP contribution in [0.4, 0.5) is 0 Å². The Kier molecular flexibility index (Phi) is 5.74. The number of methoxy groups -OCH3 is 3. The first-order chi connectivity index (χ1) is 8.65. The second-order valence-corrected chi connectivity index (χ2v) is 3.89. The van der Waals surface area contributed by atoms with Crippen LogP contribution in [0.25, 0.3) is 0 Å². The van der Waals surface area contributed by atoms with E-state index in [1.54, 1.807) is 21.3 Å². The molecule has 0 saturated carbocycles. The van der Waals surface area contributed by atoms with Gasteiger partial charge in [-0.05, 0) is 24.6 Å². The standard InChI is InChI=1S/C13H21NO4/c1-9(7-14)18-8-10-5-11(15-2)13(17-4)12(6-10)16-3/h5-6,9H,7-8,14H2,1-4H3. The van der Waals surface area contributed by atoms with Gasteiger partial charge in [0.1, 0.15) is 0 Å². The molecule has 0 amide bonds. The van der Waals surface area contributed by atoms with Crippen LogP contribution in [0.1, 0.15) is 12.5 Å². The Morgan fingerprint density at radius 3 is 2.00 bits per heavy atom. The summed E-state index contributed by atoms with van der Waals surface area (Å²) in [5, 5.41) is 0. The largest absolute Gasteiger partial charge is 0.493 e. The third-order valence-corrected chi connectivity index (χ3v) is 2.59. The van der Waals surface area contributed by atoms with Crippen LogP contribution < -0.4 is 19.9 Å². The van der Waals surface area contributed by atoms with Gasteiger partial charge < -0.3 is 24.7 Å². The van der Waals surface area contributed by atoms with E-state index in [1.807, 2.05) is 19.1 Å². The molecule has 1 rings (SSSR count). The minimum absolute atomic E-state index is 0.0177. The number of hydrogen-bond acceptors (Lipinski definition) is 5. The van der Waals surface area contributed by atoms with Crippen molar-refractivity contribution in [3.8, 4) is 17.2 Å². The maximum Gasteiger partial charge on any atom is 0.203 e. The molecule has 0 aromatic heterocycles. The maximum absolute atomic E-state index is 5.57. The van der Waals surface area contributed by atoms with Gasteiger partial charge in [-0.15, -0.1) is 0 Å². The van der Waals surface area contributed by atoms with Gasteiger partial charge in [-0.2, -0.15) is 0 Å². The van der Waals surface area contributed by atoms with Crippen molar-refractivity contribution in [2.45, 2.75) is 19.6 Å². The Hall–Kier alpha value is -1.46. The molecule has 0 heterocycles. The predicted molar refractivity (Wildman–Crippen MR) is 69.4 cm³/mol. The van der Waals surface area contributed by atoms with Crippen molar-refractivity contribution < 1.29 is 18.9 Å². The van der Waals surface area contributed by atoms with E-state index in [0.29, 0.717) is 30.4 Å². The van der Waals surface area contributed by atoms with E-state index in [0.717, 1.165) is 5.56 Å². The summed E-state index contributed by atoms with van der Waals surface area (Å²) >= 11 is 0. The lowest BCUT2D eigenvalue weighted by Crippen LogP contribution is -2.19. The second-order valence-electron chi connectivity index (χ2n) is 3.89. The molecule has 0 radical (unpaired) electrons. The summed E-state index contributed by atoms with van der Waals surface area (Å²) in [4.78, 5) is 0. The van der Waals surface area contributed by atoms with Crippen LogP contribution in [0.2, 0.25) is 0 Å². The first-order valence-corrected chi connectivity index (χ1v) is 5.76. The van der Waals surface area contributed by atoms with Crippen molar-refractivity contribution in [3.63, 3.8) is 0 Å². The van der Waals surface area contributed by atoms with Gasteiger partial charge in [-0.1, -0.05) is 0 Å². The van der Waals surface area contributed by atoms with Gasteiger partial charge in [0, 0.05) is 6.54 Å². The summed E-state index contributed by atoms with van der Waals surface area (Å²) < 4.78 is 21.4. The lowest BCUT2D eigenvalue weighted by Gasteiger charge is -2.15. The Morgan fingerprint density at radius 1 is 1.06 bits per heavy atom. The number of hydrogen-bond donors (Lipinski definition) is 1. The van der Waals surface area contributed by atoms with Crippen molar-refractivity contribution >= 4 is 0 Å². The van der Waals surface area contributed by atoms with Crippen molar-refractivity contribution in [1.82, 2.24) is 0 Å². The highest BCUT2D eigenvalue weighted by Gasteiger charge is 2.13. The average molecular weight is 255 g/mol. The van der Waals surface area contributed by atoms with Gasteiger partial charge in [0.25, 0.3) is 0 Å². The average Bonchev–Trinajstić information content (AvgIpc) is 2.43. The highest BCUT2D eigenvalue weighted by molar-refractivity contribution is 5.53. The zero-order chi connectivity index (χ0) is 13.5. The fraction of sp³-hybridized carbons (Fsp3) is 0.538. The van der Waals surface area contributed by atoms with Crippen LogP contribution in [0.3, 0.4) is 0 Å². The Balaban J connectivity index is 2.93. The van der Waals surface area contributed by atoms with Crippen molar-refractivity contribution in [2.24, 2.45) is 5.73 Å². The lowest BCUT2D eigenvalue weighted by atomic mass is 10.2. The summed E-state index contributed by atoms with van der Waals surface area (Å²) in [6, 6.07) is 3.73. The van der Waals surface area contributed by atoms with Gasteiger partial charge >= 0.3 is 0 Å². The van der Waals surface area contributed by atoms with E-state index in [4.69, 9.17) is 24.7 Å². The van der Waals surface area contributed by atoms with Crippen LogP contribution >= 0.6 is 0 Å². The third-order valence-electron chi connectivity index (χ3n) is 2.59. The molecule has 5 heteroatoms. The Bertz CT molecular complexity index is 356. The van der Waals surface area contributed by atoms with Gasteiger partial charge in [0.2, 0.25) is 5.75 Å². The zero-order valence-corrected chi connectivity index (χ0v) is 11.4. The molecule has 0 fully saturated rings. The molecule has 1 atom stereocenters. The lowest BCUT2D eigenvalue weighted by molar-refractivity contribution is 0.0587. The molecular weight excluding hydrogens is 234 g/mol. The molecule has 2 N–H and O–H groups in total. The predicted octanol–water partition coefficient (Wildman–Crippen LogP) is 1.58. The molecule has 102 valence electrons. The van der Waals surface area contributed by atoms with Crippen LogP contribution in [0, 0.1) is 0 Å². The number of nitrogens with two attached hydrogens (primary N) is 1. The molecule has 0 saturated heterocycles. The summed E-state index contributed by atoms with van der Waals surface area (Å²) in [7, 11) is 4.75. The van der Waals surface area contributed by atoms with E-state index in [1.165, 1.54) is 0 Å². The van der Waals surface area contributed by atoms with Gasteiger partial charge in [-0.3, -0.25) is 0 Å². The normalized spacial score (nSPS) is 12.1. The van der Waals surface area contributed by atoms with Crippen LogP contribution in [-0.4, -0.2) is 34.0 Å². The van der Waals surface area contributed by atoms with Gasteiger partial charge in [0.05, 0.1) is 34.0 Å². The molecule has 0 aliphatic rings. The summed E-state index contributed by atoms with van der Waals surface area (Å²) in [6.07, 6.45) is 0.0177. The van der Waals surface area contributed by atoms with Gasteiger partial charge in [-0.25, -0.2) is 0 Å². The van der Waals surface area contributed by atoms with Crippen molar-refractivity contribution in [3.05, 3.63) is 17.7 Å².